The van der Waals surface area contributed by atoms with Crippen LogP contribution in [0.4, 0.5) is 0 Å². The minimum Gasteiger partial charge on any atom is -0.489 e. The van der Waals surface area contributed by atoms with Gasteiger partial charge in [-0.3, -0.25) is 0 Å². The van der Waals surface area contributed by atoms with E-state index in [9.17, 15) is 4.79 Å². The van der Waals surface area contributed by atoms with Crippen LogP contribution >= 0.6 is 11.8 Å². The predicted molar refractivity (Wildman–Crippen MR) is 89.9 cm³/mol. The van der Waals surface area contributed by atoms with Gasteiger partial charge in [-0.2, -0.15) is 0 Å². The first-order chi connectivity index (χ1) is 11.3. The molecule has 0 amide bonds. The van der Waals surface area contributed by atoms with Crippen LogP contribution in [0.15, 0.2) is 64.5 Å². The Bertz CT molecular complexity index is 812. The number of nitrogens with two attached hydrogens (primary N) is 1. The Morgan fingerprint density at radius 2 is 1.87 bits per heavy atom. The van der Waals surface area contributed by atoms with E-state index in [4.69, 9.17) is 10.5 Å². The number of thioether (sulfide) groups is 1. The number of hydrogen-bond donors (Lipinski definition) is 2. The van der Waals surface area contributed by atoms with Crippen molar-refractivity contribution in [3.63, 3.8) is 0 Å². The minimum absolute atomic E-state index is 0.293. The second kappa shape index (κ2) is 7.17. The molecule has 3 N–H and O–H groups in total. The highest BCUT2D eigenvalue weighted by Gasteiger charge is 2.10. The lowest BCUT2D eigenvalue weighted by atomic mass is 10.2. The van der Waals surface area contributed by atoms with Gasteiger partial charge in [0.2, 0.25) is 0 Å². The van der Waals surface area contributed by atoms with E-state index in [2.05, 4.69) is 10.2 Å². The Morgan fingerprint density at radius 1 is 1.13 bits per heavy atom. The second-order valence-electron chi connectivity index (χ2n) is 4.73. The molecule has 0 bridgehead atoms. The standard InChI is InChI=1S/C16H16N4O2S/c17-11-23-16-19-18-15(21)20(16)13-6-8-14(9-7-13)22-10-12-4-2-1-3-5-12/h1-9H,10-11,17H2,(H,18,21). The van der Waals surface area contributed by atoms with Gasteiger partial charge in [0.15, 0.2) is 5.16 Å². The number of aromatic nitrogens is 3. The number of nitrogens with zero attached hydrogens (tertiary/aromatic N) is 2. The Labute approximate surface area is 137 Å². The molecule has 118 valence electrons. The predicted octanol–water partition coefficient (Wildman–Crippen LogP) is 2.15. The molecule has 23 heavy (non-hydrogen) atoms. The second-order valence-corrected chi connectivity index (χ2v) is 5.71. The normalized spacial score (nSPS) is 10.7. The average Bonchev–Trinajstić information content (AvgIpc) is 2.95. The highest BCUT2D eigenvalue weighted by molar-refractivity contribution is 7.99. The topological polar surface area (TPSA) is 85.9 Å². The summed E-state index contributed by atoms with van der Waals surface area (Å²) in [4.78, 5) is 11.9. The Kier molecular flexibility index (Phi) is 4.80. The quantitative estimate of drug-likeness (QED) is 0.535. The van der Waals surface area contributed by atoms with Gasteiger partial charge >= 0.3 is 5.69 Å². The Morgan fingerprint density at radius 3 is 2.57 bits per heavy atom. The number of aromatic amines is 1. The number of rotatable bonds is 6. The summed E-state index contributed by atoms with van der Waals surface area (Å²) in [7, 11) is 0. The van der Waals surface area contributed by atoms with Crippen LogP contribution in [0.1, 0.15) is 5.56 Å². The summed E-state index contributed by atoms with van der Waals surface area (Å²) in [6, 6.07) is 17.2. The number of nitrogens with one attached hydrogen (secondary N) is 1. The number of benzene rings is 2. The van der Waals surface area contributed by atoms with Crippen LogP contribution in [-0.4, -0.2) is 20.6 Å². The third-order valence-corrected chi connectivity index (χ3v) is 3.90. The van der Waals surface area contributed by atoms with E-state index >= 15 is 0 Å². The number of ether oxygens (including phenoxy) is 1. The van der Waals surface area contributed by atoms with Gasteiger partial charge in [0.05, 0.1) is 5.69 Å². The van der Waals surface area contributed by atoms with Gasteiger partial charge in [-0.1, -0.05) is 42.1 Å². The maximum Gasteiger partial charge on any atom is 0.348 e. The highest BCUT2D eigenvalue weighted by Crippen LogP contribution is 2.19. The fourth-order valence-electron chi connectivity index (χ4n) is 2.11. The van der Waals surface area contributed by atoms with Crippen molar-refractivity contribution in [1.29, 1.82) is 0 Å². The molecule has 0 aliphatic carbocycles. The zero-order valence-corrected chi connectivity index (χ0v) is 13.1. The fourth-order valence-corrected chi connectivity index (χ4v) is 2.69. The maximum absolute atomic E-state index is 11.9. The SMILES string of the molecule is NCSc1n[nH]c(=O)n1-c1ccc(OCc2ccccc2)cc1. The molecule has 1 heterocycles. The molecule has 0 saturated carbocycles. The zero-order chi connectivity index (χ0) is 16.1. The van der Waals surface area contributed by atoms with Crippen LogP contribution in [0, 0.1) is 0 Å². The van der Waals surface area contributed by atoms with Gasteiger partial charge in [-0.15, -0.1) is 5.10 Å². The first kappa shape index (κ1) is 15.4. The lowest BCUT2D eigenvalue weighted by Gasteiger charge is -2.08. The molecule has 1 aromatic heterocycles. The molecule has 0 saturated heterocycles. The first-order valence-electron chi connectivity index (χ1n) is 7.05. The number of H-pyrrole nitrogens is 1. The molecular formula is C16H16N4O2S. The van der Waals surface area contributed by atoms with Crippen LogP contribution in [0.2, 0.25) is 0 Å². The van der Waals surface area contributed by atoms with Gasteiger partial charge in [0, 0.05) is 5.88 Å². The van der Waals surface area contributed by atoms with Crippen LogP contribution in [0.3, 0.4) is 0 Å². The zero-order valence-electron chi connectivity index (χ0n) is 12.3. The van der Waals surface area contributed by atoms with E-state index < -0.39 is 0 Å². The maximum atomic E-state index is 11.9. The largest absolute Gasteiger partial charge is 0.489 e. The van der Waals surface area contributed by atoms with Crippen LogP contribution in [0.25, 0.3) is 5.69 Å². The van der Waals surface area contributed by atoms with Gasteiger partial charge < -0.3 is 10.5 Å². The summed E-state index contributed by atoms with van der Waals surface area (Å²) < 4.78 is 7.22. The van der Waals surface area contributed by atoms with E-state index in [0.29, 0.717) is 23.3 Å². The lowest BCUT2D eigenvalue weighted by molar-refractivity contribution is 0.306. The monoisotopic (exact) mass is 328 g/mol. The molecule has 0 radical (unpaired) electrons. The highest BCUT2D eigenvalue weighted by atomic mass is 32.2. The van der Waals surface area contributed by atoms with Crippen molar-refractivity contribution in [2.45, 2.75) is 11.8 Å². The Hall–Kier alpha value is -2.51. The molecule has 0 atom stereocenters. The van der Waals surface area contributed by atoms with Crippen LogP contribution in [-0.2, 0) is 6.61 Å². The Balaban J connectivity index is 1.75. The summed E-state index contributed by atoms with van der Waals surface area (Å²) in [6.45, 7) is 0.500. The van der Waals surface area contributed by atoms with Crippen LogP contribution in [0.5, 0.6) is 5.75 Å². The van der Waals surface area contributed by atoms with Gasteiger partial charge in [-0.25, -0.2) is 14.5 Å². The smallest absolute Gasteiger partial charge is 0.348 e. The lowest BCUT2D eigenvalue weighted by Crippen LogP contribution is -2.15. The van der Waals surface area contributed by atoms with Crippen molar-refractivity contribution in [1.82, 2.24) is 14.8 Å². The molecule has 0 spiro atoms. The molecule has 2 aromatic carbocycles. The third-order valence-electron chi connectivity index (χ3n) is 3.20. The molecule has 0 unspecified atom stereocenters. The molecular weight excluding hydrogens is 312 g/mol. The molecule has 0 aliphatic rings. The van der Waals surface area contributed by atoms with Gasteiger partial charge in [-0.05, 0) is 29.8 Å². The average molecular weight is 328 g/mol. The van der Waals surface area contributed by atoms with Crippen molar-refractivity contribution >= 4 is 11.8 Å². The van der Waals surface area contributed by atoms with E-state index in [1.165, 1.54) is 16.3 Å². The fraction of sp³-hybridized carbons (Fsp3) is 0.125. The summed E-state index contributed by atoms with van der Waals surface area (Å²) in [5, 5.41) is 6.93. The van der Waals surface area contributed by atoms with E-state index in [1.54, 1.807) is 0 Å². The third kappa shape index (κ3) is 3.64. The van der Waals surface area contributed by atoms with Crippen LogP contribution < -0.4 is 16.2 Å². The molecule has 3 rings (SSSR count). The summed E-state index contributed by atoms with van der Waals surface area (Å²) in [6.07, 6.45) is 0. The van der Waals surface area contributed by atoms with Gasteiger partial charge in [0.25, 0.3) is 0 Å². The van der Waals surface area contributed by atoms with Crippen molar-refractivity contribution < 1.29 is 4.74 Å². The minimum atomic E-state index is -0.293. The van der Waals surface area contributed by atoms with E-state index in [-0.39, 0.29) is 5.69 Å². The van der Waals surface area contributed by atoms with Crippen molar-refractivity contribution in [3.8, 4) is 11.4 Å². The first-order valence-corrected chi connectivity index (χ1v) is 8.04. The molecule has 0 fully saturated rings. The van der Waals surface area contributed by atoms with Gasteiger partial charge in [0.1, 0.15) is 12.4 Å². The van der Waals surface area contributed by atoms with Crippen molar-refractivity contribution in [2.24, 2.45) is 5.73 Å². The molecule has 6 nitrogen and oxygen atoms in total. The summed E-state index contributed by atoms with van der Waals surface area (Å²) >= 11 is 1.30. The molecule has 3 aromatic rings. The van der Waals surface area contributed by atoms with Crippen molar-refractivity contribution in [3.05, 3.63) is 70.6 Å². The van der Waals surface area contributed by atoms with E-state index in [0.717, 1.165) is 11.3 Å². The van der Waals surface area contributed by atoms with E-state index in [1.807, 2.05) is 54.6 Å². The molecule has 0 aliphatic heterocycles. The summed E-state index contributed by atoms with van der Waals surface area (Å²) in [5.74, 6) is 1.09. The van der Waals surface area contributed by atoms with Crippen molar-refractivity contribution in [2.75, 3.05) is 5.88 Å². The summed E-state index contributed by atoms with van der Waals surface area (Å²) in [5.41, 5.74) is 7.03. The molecule has 7 heteroatoms. The number of hydrogen-bond acceptors (Lipinski definition) is 5.